The molecule has 2 aromatic rings. The van der Waals surface area contributed by atoms with Crippen LogP contribution in [0.2, 0.25) is 0 Å². The summed E-state index contributed by atoms with van der Waals surface area (Å²) in [6, 6.07) is 4.19. The van der Waals surface area contributed by atoms with Gasteiger partial charge in [0.15, 0.2) is 0 Å². The number of hydrogen-bond acceptors (Lipinski definition) is 2. The fraction of sp³-hybridized carbons (Fsp3) is 0.389. The van der Waals surface area contributed by atoms with Crippen molar-refractivity contribution >= 4 is 0 Å². The number of H-pyrrole nitrogens is 1. The van der Waals surface area contributed by atoms with Gasteiger partial charge in [-0.15, -0.1) is 0 Å². The number of aromatic amines is 1. The van der Waals surface area contributed by atoms with Crippen LogP contribution in [0.5, 0.6) is 5.75 Å². The average molecular weight is 285 g/mol. The summed E-state index contributed by atoms with van der Waals surface area (Å²) in [6.45, 7) is 8.20. The van der Waals surface area contributed by atoms with Crippen LogP contribution in [-0.4, -0.2) is 10.1 Å². The molecule has 0 aliphatic carbocycles. The molecular formula is C18H23NO2. The molecular weight excluding hydrogens is 262 g/mol. The third-order valence-electron chi connectivity index (χ3n) is 3.89. The number of rotatable bonds is 4. The minimum Gasteiger partial charge on any atom is -0.507 e. The van der Waals surface area contributed by atoms with Gasteiger partial charge in [-0.25, -0.2) is 0 Å². The molecule has 0 amide bonds. The normalized spacial score (nSPS) is 10.9. The number of nitrogens with one attached hydrogen (secondary N) is 1. The van der Waals surface area contributed by atoms with Gasteiger partial charge in [0.25, 0.3) is 5.56 Å². The Kier molecular flexibility index (Phi) is 4.51. The van der Waals surface area contributed by atoms with Crippen molar-refractivity contribution in [1.29, 1.82) is 0 Å². The Hall–Kier alpha value is -2.03. The first-order valence-corrected chi connectivity index (χ1v) is 7.47. The number of unbranched alkanes of at least 4 members (excludes halogenated alkanes) is 1. The summed E-state index contributed by atoms with van der Waals surface area (Å²) in [7, 11) is 0. The van der Waals surface area contributed by atoms with Crippen LogP contribution in [0.1, 0.15) is 42.0 Å². The first-order valence-electron chi connectivity index (χ1n) is 7.47. The number of benzene rings is 1. The van der Waals surface area contributed by atoms with E-state index in [2.05, 4.69) is 31.0 Å². The summed E-state index contributed by atoms with van der Waals surface area (Å²) < 4.78 is 0. The minimum atomic E-state index is -0.188. The van der Waals surface area contributed by atoms with E-state index in [0.29, 0.717) is 12.0 Å². The first-order chi connectivity index (χ1) is 9.95. The second-order valence-electron chi connectivity index (χ2n) is 5.74. The van der Waals surface area contributed by atoms with Crippen LogP contribution in [-0.2, 0) is 6.42 Å². The van der Waals surface area contributed by atoms with Crippen LogP contribution in [0.25, 0.3) is 11.1 Å². The molecule has 0 saturated carbocycles. The molecule has 0 bridgehead atoms. The molecule has 2 rings (SSSR count). The van der Waals surface area contributed by atoms with Gasteiger partial charge in [-0.05, 0) is 50.3 Å². The van der Waals surface area contributed by atoms with Crippen molar-refractivity contribution in [3.63, 3.8) is 0 Å². The van der Waals surface area contributed by atoms with Gasteiger partial charge in [0.1, 0.15) is 5.75 Å². The van der Waals surface area contributed by atoms with Crippen molar-refractivity contribution in [3.8, 4) is 16.9 Å². The SMILES string of the molecule is CCCCc1c(O)c(-c2c(C)cc(C)cc2C)c[nH]c1=O. The van der Waals surface area contributed by atoms with E-state index in [0.717, 1.165) is 35.1 Å². The van der Waals surface area contributed by atoms with Crippen LogP contribution in [0.3, 0.4) is 0 Å². The average Bonchev–Trinajstić information content (AvgIpc) is 2.40. The third kappa shape index (κ3) is 3.02. The maximum atomic E-state index is 11.9. The van der Waals surface area contributed by atoms with Crippen molar-refractivity contribution in [2.45, 2.75) is 47.0 Å². The van der Waals surface area contributed by atoms with E-state index < -0.39 is 0 Å². The van der Waals surface area contributed by atoms with Gasteiger partial charge in [-0.2, -0.15) is 0 Å². The van der Waals surface area contributed by atoms with E-state index in [-0.39, 0.29) is 11.3 Å². The van der Waals surface area contributed by atoms with Crippen LogP contribution in [0, 0.1) is 20.8 Å². The van der Waals surface area contributed by atoms with E-state index >= 15 is 0 Å². The highest BCUT2D eigenvalue weighted by Gasteiger charge is 2.16. The fourth-order valence-electron chi connectivity index (χ4n) is 2.94. The second kappa shape index (κ2) is 6.17. The van der Waals surface area contributed by atoms with Crippen LogP contribution in [0.15, 0.2) is 23.1 Å². The Labute approximate surface area is 125 Å². The van der Waals surface area contributed by atoms with E-state index in [4.69, 9.17) is 0 Å². The zero-order valence-corrected chi connectivity index (χ0v) is 13.2. The second-order valence-corrected chi connectivity index (χ2v) is 5.74. The van der Waals surface area contributed by atoms with Crippen molar-refractivity contribution in [2.24, 2.45) is 0 Å². The highest BCUT2D eigenvalue weighted by Crippen LogP contribution is 2.35. The smallest absolute Gasteiger partial charge is 0.254 e. The largest absolute Gasteiger partial charge is 0.507 e. The number of pyridine rings is 1. The van der Waals surface area contributed by atoms with E-state index in [1.54, 1.807) is 6.20 Å². The standard InChI is InChI=1S/C18H23NO2/c1-5-6-7-14-17(20)15(10-19-18(14)21)16-12(3)8-11(2)9-13(16)4/h8-10H,5-7H2,1-4H3,(H2,19,20,21). The summed E-state index contributed by atoms with van der Waals surface area (Å²) in [5.41, 5.74) is 5.44. The van der Waals surface area contributed by atoms with E-state index in [1.807, 2.05) is 13.8 Å². The lowest BCUT2D eigenvalue weighted by Gasteiger charge is -2.14. The molecule has 2 N–H and O–H groups in total. The predicted octanol–water partition coefficient (Wildman–Crippen LogP) is 4.02. The Balaban J connectivity index is 2.63. The predicted molar refractivity (Wildman–Crippen MR) is 87.0 cm³/mol. The highest BCUT2D eigenvalue weighted by atomic mass is 16.3. The molecule has 0 aliphatic rings. The highest BCUT2D eigenvalue weighted by molar-refractivity contribution is 5.76. The van der Waals surface area contributed by atoms with Gasteiger partial charge in [-0.1, -0.05) is 31.0 Å². The molecule has 1 heterocycles. The monoisotopic (exact) mass is 285 g/mol. The van der Waals surface area contributed by atoms with Gasteiger partial charge in [-0.3, -0.25) is 4.79 Å². The number of hydrogen-bond donors (Lipinski definition) is 2. The molecule has 0 saturated heterocycles. The Morgan fingerprint density at radius 3 is 2.33 bits per heavy atom. The molecule has 0 radical (unpaired) electrons. The van der Waals surface area contributed by atoms with Gasteiger partial charge in [0.05, 0.1) is 5.56 Å². The van der Waals surface area contributed by atoms with Gasteiger partial charge >= 0.3 is 0 Å². The summed E-state index contributed by atoms with van der Waals surface area (Å²) in [5, 5.41) is 10.5. The van der Waals surface area contributed by atoms with Gasteiger partial charge in [0, 0.05) is 11.8 Å². The molecule has 3 heteroatoms. The number of aromatic nitrogens is 1. The summed E-state index contributed by atoms with van der Waals surface area (Å²) in [5.74, 6) is 0.127. The molecule has 21 heavy (non-hydrogen) atoms. The number of aryl methyl sites for hydroxylation is 3. The molecule has 1 aromatic heterocycles. The molecule has 3 nitrogen and oxygen atoms in total. The zero-order chi connectivity index (χ0) is 15.6. The van der Waals surface area contributed by atoms with Crippen LogP contribution in [0.4, 0.5) is 0 Å². The maximum Gasteiger partial charge on any atom is 0.254 e. The summed E-state index contributed by atoms with van der Waals surface area (Å²) in [4.78, 5) is 14.7. The zero-order valence-electron chi connectivity index (χ0n) is 13.2. The maximum absolute atomic E-state index is 11.9. The van der Waals surface area contributed by atoms with Crippen molar-refractivity contribution in [3.05, 3.63) is 50.9 Å². The third-order valence-corrected chi connectivity index (χ3v) is 3.89. The molecule has 112 valence electrons. The fourth-order valence-corrected chi connectivity index (χ4v) is 2.94. The van der Waals surface area contributed by atoms with Crippen LogP contribution >= 0.6 is 0 Å². The first kappa shape index (κ1) is 15.4. The summed E-state index contributed by atoms with van der Waals surface area (Å²) in [6.07, 6.45) is 4.12. The Bertz CT molecular complexity index is 691. The molecule has 0 atom stereocenters. The lowest BCUT2D eigenvalue weighted by Crippen LogP contribution is -2.13. The quantitative estimate of drug-likeness (QED) is 0.891. The van der Waals surface area contributed by atoms with Gasteiger partial charge in [0.2, 0.25) is 0 Å². The molecule has 0 unspecified atom stereocenters. The van der Waals surface area contributed by atoms with E-state index in [9.17, 15) is 9.90 Å². The molecule has 1 aromatic carbocycles. The number of aromatic hydroxyl groups is 1. The van der Waals surface area contributed by atoms with Gasteiger partial charge < -0.3 is 10.1 Å². The minimum absolute atomic E-state index is 0.127. The lowest BCUT2D eigenvalue weighted by atomic mass is 9.93. The Morgan fingerprint density at radius 2 is 1.76 bits per heavy atom. The Morgan fingerprint density at radius 1 is 1.14 bits per heavy atom. The molecule has 0 fully saturated rings. The van der Waals surface area contributed by atoms with Crippen molar-refractivity contribution in [2.75, 3.05) is 0 Å². The lowest BCUT2D eigenvalue weighted by molar-refractivity contribution is 0.466. The van der Waals surface area contributed by atoms with Crippen molar-refractivity contribution in [1.82, 2.24) is 4.98 Å². The molecule has 0 aliphatic heterocycles. The molecule has 0 spiro atoms. The van der Waals surface area contributed by atoms with E-state index in [1.165, 1.54) is 5.56 Å². The van der Waals surface area contributed by atoms with Crippen LogP contribution < -0.4 is 5.56 Å². The summed E-state index contributed by atoms with van der Waals surface area (Å²) >= 11 is 0. The van der Waals surface area contributed by atoms with Crippen molar-refractivity contribution < 1.29 is 5.11 Å². The topological polar surface area (TPSA) is 53.1 Å².